The van der Waals surface area contributed by atoms with Crippen LogP contribution in [0.1, 0.15) is 316 Å². The van der Waals surface area contributed by atoms with Crippen molar-refractivity contribution in [3.63, 3.8) is 0 Å². The summed E-state index contributed by atoms with van der Waals surface area (Å²) in [5.41, 5.74) is 0. The monoisotopic (exact) mass is 1020 g/mol. The van der Waals surface area contributed by atoms with Crippen molar-refractivity contribution >= 4 is 17.9 Å². The van der Waals surface area contributed by atoms with Gasteiger partial charge >= 0.3 is 17.9 Å². The van der Waals surface area contributed by atoms with Crippen LogP contribution in [-0.2, 0) is 28.6 Å². The molecule has 0 spiro atoms. The van der Waals surface area contributed by atoms with E-state index in [-0.39, 0.29) is 37.5 Å². The van der Waals surface area contributed by atoms with Crippen LogP contribution in [0.4, 0.5) is 0 Å². The lowest BCUT2D eigenvalue weighted by Crippen LogP contribution is -2.30. The summed E-state index contributed by atoms with van der Waals surface area (Å²) in [5, 5.41) is 0. The third-order valence-electron chi connectivity index (χ3n) is 13.7. The molecule has 0 N–H and O–H groups in total. The van der Waals surface area contributed by atoms with Gasteiger partial charge in [0, 0.05) is 19.3 Å². The fourth-order valence-electron chi connectivity index (χ4n) is 8.94. The first-order valence-corrected chi connectivity index (χ1v) is 31.4. The minimum Gasteiger partial charge on any atom is -0.462 e. The van der Waals surface area contributed by atoms with Gasteiger partial charge in [-0.2, -0.15) is 0 Å². The minimum absolute atomic E-state index is 0.0977. The number of allylic oxidation sites excluding steroid dienone is 12. The van der Waals surface area contributed by atoms with Crippen LogP contribution in [0.15, 0.2) is 72.9 Å². The zero-order valence-electron chi connectivity index (χ0n) is 48.4. The van der Waals surface area contributed by atoms with Crippen molar-refractivity contribution < 1.29 is 28.6 Å². The molecule has 0 saturated carbocycles. The molecule has 0 radical (unpaired) electrons. The lowest BCUT2D eigenvalue weighted by Gasteiger charge is -2.18. The lowest BCUT2D eigenvalue weighted by atomic mass is 10.0. The fraction of sp³-hybridized carbons (Fsp3) is 0.776. The van der Waals surface area contributed by atoms with Crippen molar-refractivity contribution in [2.75, 3.05) is 13.2 Å². The number of hydrogen-bond acceptors (Lipinski definition) is 6. The molecule has 0 aromatic carbocycles. The van der Waals surface area contributed by atoms with E-state index in [1.165, 1.54) is 186 Å². The Morgan fingerprint density at radius 1 is 0.274 bits per heavy atom. The van der Waals surface area contributed by atoms with Crippen LogP contribution in [0, 0.1) is 0 Å². The Hall–Kier alpha value is -3.15. The van der Waals surface area contributed by atoms with Crippen LogP contribution in [-0.4, -0.2) is 37.2 Å². The molecule has 0 rings (SSSR count). The Balaban J connectivity index is 4.43. The zero-order chi connectivity index (χ0) is 52.9. The van der Waals surface area contributed by atoms with Gasteiger partial charge in [-0.1, -0.05) is 280 Å². The van der Waals surface area contributed by atoms with E-state index in [2.05, 4.69) is 93.7 Å². The summed E-state index contributed by atoms with van der Waals surface area (Å²) in [6.07, 6.45) is 79.1. The van der Waals surface area contributed by atoms with Gasteiger partial charge in [0.1, 0.15) is 13.2 Å². The molecule has 0 fully saturated rings. The molecule has 0 aromatic rings. The van der Waals surface area contributed by atoms with Gasteiger partial charge in [0.05, 0.1) is 0 Å². The number of unbranched alkanes of at least 4 members (excludes halogenated alkanes) is 34. The van der Waals surface area contributed by atoms with Gasteiger partial charge in [-0.05, 0) is 89.9 Å². The van der Waals surface area contributed by atoms with E-state index in [4.69, 9.17) is 14.2 Å². The standard InChI is InChI=1S/C67H118O6/c1-4-7-10-13-16-19-22-25-28-31-32-33-34-37-39-42-45-48-51-54-57-60-66(69)72-63-64(73-67(70)61-58-55-52-49-46-43-40-36-30-27-24-21-18-15-12-9-6-3)62-71-65(68)59-56-53-50-47-44-41-38-35-29-26-23-20-17-14-11-8-5-2/h18,21,26-27,29-30,38,40-41,43,47,50,64H,4-17,19-20,22-25,28,31-37,39,42,44-46,48-49,51-63H2,1-3H3/b21-18-,29-26-,30-27-,41-38-,43-40-,50-47-/t64-/m1/s1. The summed E-state index contributed by atoms with van der Waals surface area (Å²) < 4.78 is 16.9. The van der Waals surface area contributed by atoms with Crippen LogP contribution in [0.25, 0.3) is 0 Å². The predicted octanol–water partition coefficient (Wildman–Crippen LogP) is 21.3. The first-order valence-electron chi connectivity index (χ1n) is 31.4. The molecule has 73 heavy (non-hydrogen) atoms. The Labute approximate surface area is 453 Å². The van der Waals surface area contributed by atoms with E-state index in [0.29, 0.717) is 19.3 Å². The number of hydrogen-bond donors (Lipinski definition) is 0. The van der Waals surface area contributed by atoms with E-state index in [0.717, 1.165) is 83.5 Å². The highest BCUT2D eigenvalue weighted by molar-refractivity contribution is 5.71. The molecule has 0 saturated heterocycles. The SMILES string of the molecule is CCCCC/C=C\C/C=C\C/C=C\CCCCCCC(=O)O[C@H](COC(=O)CCC/C=C\C/C=C\C/C=C\CCCCCCCC)COC(=O)CCCCCCCCCCCCCCCCCCCCCCC. The van der Waals surface area contributed by atoms with Crippen LogP contribution < -0.4 is 0 Å². The average molecular weight is 1020 g/mol. The van der Waals surface area contributed by atoms with Gasteiger partial charge in [-0.3, -0.25) is 14.4 Å². The molecule has 6 heteroatoms. The molecule has 0 unspecified atom stereocenters. The minimum atomic E-state index is -0.807. The highest BCUT2D eigenvalue weighted by Gasteiger charge is 2.19. The Kier molecular flexibility index (Phi) is 58.7. The number of ether oxygens (including phenoxy) is 3. The molecular weight excluding hydrogens is 901 g/mol. The number of carbonyl (C=O) groups is 3. The summed E-state index contributed by atoms with van der Waals surface area (Å²) in [7, 11) is 0. The highest BCUT2D eigenvalue weighted by Crippen LogP contribution is 2.17. The molecule has 422 valence electrons. The maximum atomic E-state index is 12.9. The largest absolute Gasteiger partial charge is 0.462 e. The van der Waals surface area contributed by atoms with Crippen molar-refractivity contribution in [3.05, 3.63) is 72.9 Å². The van der Waals surface area contributed by atoms with Crippen LogP contribution >= 0.6 is 0 Å². The van der Waals surface area contributed by atoms with Crippen LogP contribution in [0.3, 0.4) is 0 Å². The maximum Gasteiger partial charge on any atom is 0.306 e. The summed E-state index contributed by atoms with van der Waals surface area (Å²) in [6, 6.07) is 0. The summed E-state index contributed by atoms with van der Waals surface area (Å²) >= 11 is 0. The third kappa shape index (κ3) is 59.6. The second-order valence-electron chi connectivity index (χ2n) is 21.0. The molecule has 0 amide bonds. The smallest absolute Gasteiger partial charge is 0.306 e. The quantitative estimate of drug-likeness (QED) is 0.0261. The molecule has 0 heterocycles. The van der Waals surface area contributed by atoms with Crippen molar-refractivity contribution in [2.24, 2.45) is 0 Å². The van der Waals surface area contributed by atoms with Crippen molar-refractivity contribution in [1.29, 1.82) is 0 Å². The van der Waals surface area contributed by atoms with Crippen molar-refractivity contribution in [3.8, 4) is 0 Å². The Morgan fingerprint density at radius 3 is 0.849 bits per heavy atom. The summed E-state index contributed by atoms with van der Waals surface area (Å²) in [5.74, 6) is -0.960. The highest BCUT2D eigenvalue weighted by atomic mass is 16.6. The van der Waals surface area contributed by atoms with Gasteiger partial charge in [0.2, 0.25) is 0 Å². The normalized spacial score (nSPS) is 12.5. The van der Waals surface area contributed by atoms with Gasteiger partial charge in [-0.15, -0.1) is 0 Å². The molecule has 0 bridgehead atoms. The van der Waals surface area contributed by atoms with E-state index in [9.17, 15) is 14.4 Å². The number of rotatable bonds is 57. The third-order valence-corrected chi connectivity index (χ3v) is 13.7. The van der Waals surface area contributed by atoms with Crippen LogP contribution in [0.2, 0.25) is 0 Å². The first kappa shape index (κ1) is 69.8. The van der Waals surface area contributed by atoms with Gasteiger partial charge in [0.25, 0.3) is 0 Å². The van der Waals surface area contributed by atoms with Gasteiger partial charge in [-0.25, -0.2) is 0 Å². The second kappa shape index (κ2) is 61.4. The first-order chi connectivity index (χ1) is 36.0. The van der Waals surface area contributed by atoms with Gasteiger partial charge < -0.3 is 14.2 Å². The number of esters is 3. The Bertz CT molecular complexity index is 1360. The van der Waals surface area contributed by atoms with E-state index in [1.807, 2.05) is 0 Å². The predicted molar refractivity (Wildman–Crippen MR) is 316 cm³/mol. The van der Waals surface area contributed by atoms with Crippen molar-refractivity contribution in [1.82, 2.24) is 0 Å². The summed E-state index contributed by atoms with van der Waals surface area (Å²) in [6.45, 7) is 6.58. The molecule has 0 aliphatic heterocycles. The van der Waals surface area contributed by atoms with Crippen LogP contribution in [0.5, 0.6) is 0 Å². The average Bonchev–Trinajstić information content (AvgIpc) is 3.39. The zero-order valence-corrected chi connectivity index (χ0v) is 48.4. The molecule has 1 atom stereocenters. The molecule has 0 aliphatic rings. The van der Waals surface area contributed by atoms with E-state index < -0.39 is 6.10 Å². The fourth-order valence-corrected chi connectivity index (χ4v) is 8.94. The van der Waals surface area contributed by atoms with E-state index in [1.54, 1.807) is 0 Å². The molecule has 0 aromatic heterocycles. The second-order valence-corrected chi connectivity index (χ2v) is 21.0. The van der Waals surface area contributed by atoms with Gasteiger partial charge in [0.15, 0.2) is 6.10 Å². The molecule has 6 nitrogen and oxygen atoms in total. The maximum absolute atomic E-state index is 12.9. The van der Waals surface area contributed by atoms with E-state index >= 15 is 0 Å². The van der Waals surface area contributed by atoms with Crippen molar-refractivity contribution in [2.45, 2.75) is 322 Å². The summed E-state index contributed by atoms with van der Waals surface area (Å²) in [4.78, 5) is 38.3. The molecular formula is C67H118O6. The topological polar surface area (TPSA) is 78.9 Å². The molecule has 0 aliphatic carbocycles. The Morgan fingerprint density at radius 2 is 0.507 bits per heavy atom. The lowest BCUT2D eigenvalue weighted by molar-refractivity contribution is -0.167. The number of carbonyl (C=O) groups excluding carboxylic acids is 3.